The van der Waals surface area contributed by atoms with E-state index in [9.17, 15) is 4.79 Å². The van der Waals surface area contributed by atoms with Gasteiger partial charge in [-0.2, -0.15) is 0 Å². The van der Waals surface area contributed by atoms with Crippen LogP contribution in [0.1, 0.15) is 38.2 Å². The van der Waals surface area contributed by atoms with E-state index in [1.54, 1.807) is 0 Å². The highest BCUT2D eigenvalue weighted by Gasteiger charge is 2.54. The van der Waals surface area contributed by atoms with Crippen LogP contribution in [-0.2, 0) is 16.8 Å². The Morgan fingerprint density at radius 1 is 0.471 bits per heavy atom. The van der Waals surface area contributed by atoms with E-state index < -0.39 is 11.6 Å². The Hall–Kier alpha value is -6.79. The smallest absolute Gasteiger partial charge is 0.342 e. The van der Waals surface area contributed by atoms with Gasteiger partial charge in [-0.15, -0.1) is 0 Å². The molecule has 6 heteroatoms. The highest BCUT2D eigenvalue weighted by atomic mass is 16.6. The molecule has 2 aliphatic heterocycles. The topological polar surface area (TPSA) is 71.6 Å². The molecule has 0 amide bonds. The maximum Gasteiger partial charge on any atom is 0.342 e. The largest absolute Gasteiger partial charge is 0.456 e. The van der Waals surface area contributed by atoms with Crippen LogP contribution in [0.2, 0.25) is 0 Å². The molecule has 51 heavy (non-hydrogen) atoms. The van der Waals surface area contributed by atoms with Crippen molar-refractivity contribution >= 4 is 40.1 Å². The SMILES string of the molecule is O=C1OC2(c3ccccc3Oc3ccccc32)c2cccc(Nc3c(Cc4ccccc4)cccc3Nc3ccccc3Nc3ccccc3)c21. The standard InChI is InChI=1S/C45H33N3O3/c49-44-42-35(45(51-44)33-20-7-11-27-40(33)50-41-28-12-8-21-34(41)45)22-14-25-38(42)48-43-31(29-30-15-3-1-4-16-30)17-13-26-39(43)47-37-24-10-9-23-36(37)46-32-18-5-2-6-19-32/h1-28,46-48H,29H2. The summed E-state index contributed by atoms with van der Waals surface area (Å²) in [5.41, 5.74) is 9.18. The number of para-hydroxylation sites is 6. The summed E-state index contributed by atoms with van der Waals surface area (Å²) in [6, 6.07) is 56.4. The Morgan fingerprint density at radius 3 is 1.75 bits per heavy atom. The molecule has 0 saturated heterocycles. The number of anilines is 6. The van der Waals surface area contributed by atoms with E-state index in [1.807, 2.05) is 115 Å². The quantitative estimate of drug-likeness (QED) is 0.141. The van der Waals surface area contributed by atoms with Crippen LogP contribution in [0, 0.1) is 0 Å². The molecule has 0 aliphatic carbocycles. The molecule has 0 radical (unpaired) electrons. The molecular weight excluding hydrogens is 631 g/mol. The fourth-order valence-electron chi connectivity index (χ4n) is 7.24. The molecule has 246 valence electrons. The van der Waals surface area contributed by atoms with Gasteiger partial charge < -0.3 is 25.4 Å². The van der Waals surface area contributed by atoms with Crippen molar-refractivity contribution < 1.29 is 14.3 Å². The summed E-state index contributed by atoms with van der Waals surface area (Å²) in [5, 5.41) is 11.0. The summed E-state index contributed by atoms with van der Waals surface area (Å²) < 4.78 is 12.8. The minimum Gasteiger partial charge on any atom is -0.456 e. The molecule has 0 fully saturated rings. The second-order valence-corrected chi connectivity index (χ2v) is 12.7. The molecule has 6 nitrogen and oxygen atoms in total. The predicted molar refractivity (Wildman–Crippen MR) is 203 cm³/mol. The van der Waals surface area contributed by atoms with Gasteiger partial charge in [-0.3, -0.25) is 0 Å². The summed E-state index contributed by atoms with van der Waals surface area (Å²) in [4.78, 5) is 14.2. The molecule has 0 bridgehead atoms. The van der Waals surface area contributed by atoms with E-state index in [0.717, 1.165) is 50.7 Å². The lowest BCUT2D eigenvalue weighted by atomic mass is 9.77. The fourth-order valence-corrected chi connectivity index (χ4v) is 7.24. The van der Waals surface area contributed by atoms with Gasteiger partial charge in [0.25, 0.3) is 0 Å². The number of nitrogens with one attached hydrogen (secondary N) is 3. The molecule has 3 N–H and O–H groups in total. The lowest BCUT2D eigenvalue weighted by Crippen LogP contribution is -2.32. The van der Waals surface area contributed by atoms with E-state index in [0.29, 0.717) is 29.2 Å². The maximum absolute atomic E-state index is 14.2. The van der Waals surface area contributed by atoms with Crippen molar-refractivity contribution in [2.75, 3.05) is 16.0 Å². The number of benzene rings is 7. The summed E-state index contributed by atoms with van der Waals surface area (Å²) >= 11 is 0. The Bertz CT molecular complexity index is 2360. The van der Waals surface area contributed by atoms with Crippen molar-refractivity contribution in [3.8, 4) is 11.5 Å². The minimum absolute atomic E-state index is 0.396. The first-order valence-electron chi connectivity index (χ1n) is 17.0. The average molecular weight is 664 g/mol. The number of carbonyl (C=O) groups excluding carboxylic acids is 1. The molecule has 2 aliphatic rings. The number of hydrogen-bond acceptors (Lipinski definition) is 6. The van der Waals surface area contributed by atoms with Gasteiger partial charge in [-0.1, -0.05) is 121 Å². The van der Waals surface area contributed by atoms with E-state index >= 15 is 0 Å². The van der Waals surface area contributed by atoms with Crippen molar-refractivity contribution in [1.82, 2.24) is 0 Å². The number of carbonyl (C=O) groups is 1. The number of hydrogen-bond donors (Lipinski definition) is 3. The first-order valence-corrected chi connectivity index (χ1v) is 17.0. The summed E-state index contributed by atoms with van der Waals surface area (Å²) in [5.74, 6) is 0.933. The van der Waals surface area contributed by atoms with Crippen molar-refractivity contribution in [2.45, 2.75) is 12.0 Å². The van der Waals surface area contributed by atoms with Crippen LogP contribution in [0.3, 0.4) is 0 Å². The van der Waals surface area contributed by atoms with Gasteiger partial charge in [0.05, 0.1) is 34.0 Å². The van der Waals surface area contributed by atoms with Gasteiger partial charge in [0.1, 0.15) is 11.5 Å². The van der Waals surface area contributed by atoms with Gasteiger partial charge in [0, 0.05) is 22.4 Å². The third kappa shape index (κ3) is 5.34. The molecule has 0 unspecified atom stereocenters. The predicted octanol–water partition coefficient (Wildman–Crippen LogP) is 11.1. The van der Waals surface area contributed by atoms with Crippen molar-refractivity contribution in [3.63, 3.8) is 0 Å². The lowest BCUT2D eigenvalue weighted by molar-refractivity contribution is 0.0225. The Morgan fingerprint density at radius 2 is 1.02 bits per heavy atom. The normalized spacial score (nSPS) is 13.3. The van der Waals surface area contributed by atoms with Gasteiger partial charge in [0.15, 0.2) is 5.60 Å². The van der Waals surface area contributed by atoms with Gasteiger partial charge in [-0.05, 0) is 66.1 Å². The van der Waals surface area contributed by atoms with Crippen molar-refractivity contribution in [3.05, 3.63) is 203 Å². The van der Waals surface area contributed by atoms with E-state index in [1.165, 1.54) is 5.56 Å². The molecule has 9 rings (SSSR count). The Balaban J connectivity index is 1.17. The lowest BCUT2D eigenvalue weighted by Gasteiger charge is -2.36. The highest BCUT2D eigenvalue weighted by molar-refractivity contribution is 6.03. The van der Waals surface area contributed by atoms with Crippen molar-refractivity contribution in [2.24, 2.45) is 0 Å². The summed E-state index contributed by atoms with van der Waals surface area (Å²) in [7, 11) is 0. The minimum atomic E-state index is -1.15. The van der Waals surface area contributed by atoms with E-state index in [-0.39, 0.29) is 0 Å². The summed E-state index contributed by atoms with van der Waals surface area (Å²) in [6.07, 6.45) is 0.685. The average Bonchev–Trinajstić information content (AvgIpc) is 3.47. The zero-order chi connectivity index (χ0) is 34.2. The molecule has 0 atom stereocenters. The molecular formula is C45H33N3O3. The van der Waals surface area contributed by atoms with Gasteiger partial charge in [-0.25, -0.2) is 4.79 Å². The molecule has 7 aromatic rings. The van der Waals surface area contributed by atoms with Gasteiger partial charge in [0.2, 0.25) is 0 Å². The van der Waals surface area contributed by atoms with Crippen LogP contribution in [0.4, 0.5) is 34.1 Å². The van der Waals surface area contributed by atoms with Crippen LogP contribution in [0.25, 0.3) is 0 Å². The second kappa shape index (κ2) is 12.6. The van der Waals surface area contributed by atoms with E-state index in [2.05, 4.69) is 70.5 Å². The van der Waals surface area contributed by atoms with Crippen LogP contribution >= 0.6 is 0 Å². The number of rotatable bonds is 8. The Labute approximate surface area is 296 Å². The number of fused-ring (bicyclic) bond motifs is 6. The zero-order valence-corrected chi connectivity index (χ0v) is 27.6. The van der Waals surface area contributed by atoms with Crippen LogP contribution in [-0.4, -0.2) is 5.97 Å². The summed E-state index contributed by atoms with van der Waals surface area (Å²) in [6.45, 7) is 0. The van der Waals surface area contributed by atoms with E-state index in [4.69, 9.17) is 9.47 Å². The molecule has 2 heterocycles. The Kier molecular flexibility index (Phi) is 7.47. The van der Waals surface area contributed by atoms with Crippen LogP contribution < -0.4 is 20.7 Å². The maximum atomic E-state index is 14.2. The molecule has 0 saturated carbocycles. The fraction of sp³-hybridized carbons (Fsp3) is 0.0444. The van der Waals surface area contributed by atoms with Crippen molar-refractivity contribution in [1.29, 1.82) is 0 Å². The van der Waals surface area contributed by atoms with Crippen LogP contribution in [0.15, 0.2) is 170 Å². The highest BCUT2D eigenvalue weighted by Crippen LogP contribution is 2.57. The molecule has 1 spiro atoms. The second-order valence-electron chi connectivity index (χ2n) is 12.7. The van der Waals surface area contributed by atoms with Gasteiger partial charge >= 0.3 is 5.97 Å². The number of esters is 1. The third-order valence-electron chi connectivity index (χ3n) is 9.54. The molecule has 0 aromatic heterocycles. The first kappa shape index (κ1) is 30.3. The number of ether oxygens (including phenoxy) is 2. The monoisotopic (exact) mass is 663 g/mol. The van der Waals surface area contributed by atoms with Crippen LogP contribution in [0.5, 0.6) is 11.5 Å². The first-order chi connectivity index (χ1) is 25.2. The third-order valence-corrected chi connectivity index (χ3v) is 9.54. The zero-order valence-electron chi connectivity index (χ0n) is 27.6. The molecule has 7 aromatic carbocycles.